The molecule has 2 aromatic heterocycles. The topological polar surface area (TPSA) is 76.1 Å². The molecule has 1 atom stereocenters. The van der Waals surface area contributed by atoms with E-state index in [-0.39, 0.29) is 16.3 Å². The van der Waals surface area contributed by atoms with Gasteiger partial charge in [-0.15, -0.1) is 11.3 Å². The zero-order valence-electron chi connectivity index (χ0n) is 13.5. The Morgan fingerprint density at radius 1 is 1.15 bits per heavy atom. The van der Waals surface area contributed by atoms with E-state index < -0.39 is 26.8 Å². The summed E-state index contributed by atoms with van der Waals surface area (Å²) in [4.78, 5) is 16.2. The molecule has 0 fully saturated rings. The van der Waals surface area contributed by atoms with Crippen LogP contribution in [0.4, 0.5) is 4.39 Å². The number of rotatable bonds is 6. The third kappa shape index (κ3) is 3.81. The number of benzene rings is 1. The van der Waals surface area contributed by atoms with E-state index in [9.17, 15) is 17.6 Å². The van der Waals surface area contributed by atoms with E-state index in [0.29, 0.717) is 5.56 Å². The number of sulfone groups is 1. The molecule has 5 nitrogen and oxygen atoms in total. The number of nitrogens with one attached hydrogen (secondary N) is 1. The molecule has 0 spiro atoms. The molecule has 0 radical (unpaired) electrons. The van der Waals surface area contributed by atoms with E-state index in [1.54, 1.807) is 29.6 Å². The van der Waals surface area contributed by atoms with Crippen molar-refractivity contribution in [2.45, 2.75) is 9.46 Å². The fraction of sp³-hybridized carbons (Fsp3) is 0.111. The lowest BCUT2D eigenvalue weighted by Gasteiger charge is -2.18. The van der Waals surface area contributed by atoms with E-state index >= 15 is 0 Å². The van der Waals surface area contributed by atoms with E-state index in [2.05, 4.69) is 10.3 Å². The van der Waals surface area contributed by atoms with Crippen LogP contribution >= 0.6 is 11.3 Å². The first-order chi connectivity index (χ1) is 12.5. The summed E-state index contributed by atoms with van der Waals surface area (Å²) in [5.74, 6) is -1.33. The molecule has 8 heteroatoms. The first-order valence-electron chi connectivity index (χ1n) is 7.70. The number of nitrogens with zero attached hydrogens (tertiary/aromatic N) is 1. The van der Waals surface area contributed by atoms with Crippen LogP contribution in [0.15, 0.2) is 70.5 Å². The minimum atomic E-state index is -3.73. The number of carbonyl (C=O) groups excluding carboxylic acids is 1. The number of hydrogen-bond donors (Lipinski definition) is 1. The van der Waals surface area contributed by atoms with Gasteiger partial charge in [0.1, 0.15) is 15.3 Å². The highest BCUT2D eigenvalue weighted by Gasteiger charge is 2.31. The molecule has 1 amide bonds. The molecule has 0 saturated heterocycles. The maximum Gasteiger partial charge on any atom is 0.254 e. The fourth-order valence-corrected chi connectivity index (χ4v) is 5.31. The summed E-state index contributed by atoms with van der Waals surface area (Å²) in [6.45, 7) is -0.195. The molecule has 134 valence electrons. The minimum absolute atomic E-state index is 0.133. The van der Waals surface area contributed by atoms with Crippen LogP contribution in [0.1, 0.15) is 21.2 Å². The SMILES string of the molecule is O=C(NC[C@@H](c1cccnc1)S(=O)(=O)c1cccs1)c1ccccc1F. The number of aromatic nitrogens is 1. The van der Waals surface area contributed by atoms with Crippen LogP contribution in [0.25, 0.3) is 0 Å². The molecule has 0 aliphatic carbocycles. The summed E-state index contributed by atoms with van der Waals surface area (Å²) in [5, 5.41) is 3.17. The van der Waals surface area contributed by atoms with Crippen molar-refractivity contribution in [3.63, 3.8) is 0 Å². The zero-order valence-corrected chi connectivity index (χ0v) is 15.1. The molecule has 3 aromatic rings. The van der Waals surface area contributed by atoms with Crippen molar-refractivity contribution in [3.8, 4) is 0 Å². The van der Waals surface area contributed by atoms with Gasteiger partial charge in [0, 0.05) is 18.9 Å². The van der Waals surface area contributed by atoms with E-state index in [1.807, 2.05) is 0 Å². The van der Waals surface area contributed by atoms with Crippen molar-refractivity contribution in [1.82, 2.24) is 10.3 Å². The van der Waals surface area contributed by atoms with Crippen molar-refractivity contribution < 1.29 is 17.6 Å². The third-order valence-electron chi connectivity index (χ3n) is 3.77. The quantitative estimate of drug-likeness (QED) is 0.701. The van der Waals surface area contributed by atoms with E-state index in [0.717, 1.165) is 11.3 Å². The third-order valence-corrected chi connectivity index (χ3v) is 7.30. The van der Waals surface area contributed by atoms with Gasteiger partial charge in [0.2, 0.25) is 0 Å². The molecule has 1 N–H and O–H groups in total. The number of carbonyl (C=O) groups is 1. The Morgan fingerprint density at radius 2 is 1.96 bits per heavy atom. The zero-order chi connectivity index (χ0) is 18.6. The first-order valence-corrected chi connectivity index (χ1v) is 10.1. The van der Waals surface area contributed by atoms with Gasteiger partial charge < -0.3 is 5.32 Å². The van der Waals surface area contributed by atoms with Crippen LogP contribution in [0, 0.1) is 5.82 Å². The lowest BCUT2D eigenvalue weighted by Crippen LogP contribution is -2.32. The van der Waals surface area contributed by atoms with Gasteiger partial charge in [-0.3, -0.25) is 9.78 Å². The summed E-state index contributed by atoms with van der Waals surface area (Å²) < 4.78 is 39.9. The summed E-state index contributed by atoms with van der Waals surface area (Å²) in [6, 6.07) is 12.0. The highest BCUT2D eigenvalue weighted by molar-refractivity contribution is 7.93. The molecule has 0 aliphatic rings. The summed E-state index contributed by atoms with van der Waals surface area (Å²) >= 11 is 1.10. The molecular weight excluding hydrogens is 375 g/mol. The number of pyridine rings is 1. The van der Waals surface area contributed by atoms with Crippen LogP contribution in [0.2, 0.25) is 0 Å². The van der Waals surface area contributed by atoms with Gasteiger partial charge in [-0.2, -0.15) is 0 Å². The summed E-state index contributed by atoms with van der Waals surface area (Å²) in [6.07, 6.45) is 2.99. The van der Waals surface area contributed by atoms with Crippen molar-refractivity contribution >= 4 is 27.1 Å². The monoisotopic (exact) mass is 390 g/mol. The van der Waals surface area contributed by atoms with Gasteiger partial charge in [-0.1, -0.05) is 24.3 Å². The number of thiophene rings is 1. The smallest absolute Gasteiger partial charge is 0.254 e. The Balaban J connectivity index is 1.88. The second-order valence-electron chi connectivity index (χ2n) is 5.44. The maximum absolute atomic E-state index is 13.8. The Kier molecular flexibility index (Phi) is 5.43. The molecular formula is C18H15FN2O3S2. The Bertz CT molecular complexity index is 990. The molecule has 26 heavy (non-hydrogen) atoms. The second-order valence-corrected chi connectivity index (χ2v) is 8.75. The lowest BCUT2D eigenvalue weighted by molar-refractivity contribution is 0.0949. The average Bonchev–Trinajstić information content (AvgIpc) is 3.18. The van der Waals surface area contributed by atoms with Crippen molar-refractivity contribution in [2.75, 3.05) is 6.54 Å². The summed E-state index contributed by atoms with van der Waals surface area (Å²) in [5.41, 5.74) is 0.320. The molecule has 0 bridgehead atoms. The van der Waals surface area contributed by atoms with E-state index in [4.69, 9.17) is 0 Å². The number of amides is 1. The first kappa shape index (κ1) is 18.2. The Morgan fingerprint density at radius 3 is 2.62 bits per heavy atom. The molecule has 0 saturated carbocycles. The largest absolute Gasteiger partial charge is 0.350 e. The van der Waals surface area contributed by atoms with Crippen LogP contribution in [-0.2, 0) is 9.84 Å². The van der Waals surface area contributed by atoms with Gasteiger partial charge in [-0.25, -0.2) is 12.8 Å². The summed E-state index contributed by atoms with van der Waals surface area (Å²) in [7, 11) is -3.73. The average molecular weight is 390 g/mol. The fourth-order valence-electron chi connectivity index (χ4n) is 2.46. The lowest BCUT2D eigenvalue weighted by atomic mass is 10.2. The minimum Gasteiger partial charge on any atom is -0.350 e. The number of hydrogen-bond acceptors (Lipinski definition) is 5. The standard InChI is InChI=1S/C18H15FN2O3S2/c19-15-7-2-1-6-14(15)18(22)21-12-16(13-5-3-9-20-11-13)26(23,24)17-8-4-10-25-17/h1-11,16H,12H2,(H,21,22)/t16-/m0/s1. The van der Waals surface area contributed by atoms with Gasteiger partial charge in [0.05, 0.1) is 5.56 Å². The molecule has 3 rings (SSSR count). The predicted molar refractivity (Wildman–Crippen MR) is 97.2 cm³/mol. The van der Waals surface area contributed by atoms with Gasteiger partial charge in [0.25, 0.3) is 5.91 Å². The second kappa shape index (κ2) is 7.76. The maximum atomic E-state index is 13.8. The molecule has 0 unspecified atom stereocenters. The van der Waals surface area contributed by atoms with Gasteiger partial charge in [-0.05, 0) is 35.2 Å². The van der Waals surface area contributed by atoms with Crippen molar-refractivity contribution in [1.29, 1.82) is 0 Å². The van der Waals surface area contributed by atoms with Crippen LogP contribution in [0.5, 0.6) is 0 Å². The normalized spacial score (nSPS) is 12.5. The Hall–Kier alpha value is -2.58. The molecule has 1 aromatic carbocycles. The Labute approximate surface area is 154 Å². The predicted octanol–water partition coefficient (Wildman–Crippen LogP) is 3.23. The number of halogens is 1. The van der Waals surface area contributed by atoms with Crippen molar-refractivity contribution in [3.05, 3.63) is 83.2 Å². The van der Waals surface area contributed by atoms with E-state index in [1.165, 1.54) is 36.7 Å². The van der Waals surface area contributed by atoms with Crippen LogP contribution in [-0.4, -0.2) is 25.9 Å². The van der Waals surface area contributed by atoms with Crippen molar-refractivity contribution in [2.24, 2.45) is 0 Å². The van der Waals surface area contributed by atoms with Crippen LogP contribution < -0.4 is 5.32 Å². The molecule has 2 heterocycles. The van der Waals surface area contributed by atoms with Gasteiger partial charge >= 0.3 is 0 Å². The highest BCUT2D eigenvalue weighted by Crippen LogP contribution is 2.30. The highest BCUT2D eigenvalue weighted by atomic mass is 32.2. The van der Waals surface area contributed by atoms with Crippen LogP contribution in [0.3, 0.4) is 0 Å². The van der Waals surface area contributed by atoms with Gasteiger partial charge in [0.15, 0.2) is 9.84 Å². The molecule has 0 aliphatic heterocycles.